The Kier molecular flexibility index (Phi) is 5.79. The molecule has 2 heterocycles. The molecule has 1 aromatic carbocycles. The number of pyridine rings is 1. The van der Waals surface area contributed by atoms with Crippen LogP contribution in [0.15, 0.2) is 48.8 Å². The fourth-order valence-electron chi connectivity index (χ4n) is 3.37. The lowest BCUT2D eigenvalue weighted by molar-refractivity contribution is -0.0605. The predicted octanol–water partition coefficient (Wildman–Crippen LogP) is 2.45. The van der Waals surface area contributed by atoms with Gasteiger partial charge in [-0.15, -0.1) is 0 Å². The van der Waals surface area contributed by atoms with E-state index in [2.05, 4.69) is 34.4 Å². The Hall–Kier alpha value is -2.24. The van der Waals surface area contributed by atoms with Crippen LogP contribution < -0.4 is 5.32 Å². The van der Waals surface area contributed by atoms with Gasteiger partial charge in [0, 0.05) is 31.0 Å². The van der Waals surface area contributed by atoms with Gasteiger partial charge in [-0.2, -0.15) is 0 Å². The van der Waals surface area contributed by atoms with Gasteiger partial charge in [0.2, 0.25) is 0 Å². The van der Waals surface area contributed by atoms with Crippen molar-refractivity contribution in [3.05, 3.63) is 65.5 Å². The van der Waals surface area contributed by atoms with E-state index in [1.165, 1.54) is 5.56 Å². The second-order valence-electron chi connectivity index (χ2n) is 6.34. The van der Waals surface area contributed by atoms with Crippen LogP contribution in [0.25, 0.3) is 0 Å². The molecule has 1 amide bonds. The zero-order chi connectivity index (χ0) is 17.6. The smallest absolute Gasteiger partial charge is 0.251 e. The van der Waals surface area contributed by atoms with E-state index in [0.717, 1.165) is 18.5 Å². The predicted molar refractivity (Wildman–Crippen MR) is 97.5 cm³/mol. The fraction of sp³-hybridized carbons (Fsp3) is 0.400. The van der Waals surface area contributed by atoms with E-state index in [0.29, 0.717) is 18.7 Å². The second kappa shape index (κ2) is 8.23. The molecule has 1 aliphatic rings. The van der Waals surface area contributed by atoms with Crippen molar-refractivity contribution in [2.24, 2.45) is 0 Å². The van der Waals surface area contributed by atoms with E-state index in [9.17, 15) is 4.79 Å². The Morgan fingerprint density at radius 2 is 2.12 bits per heavy atom. The minimum atomic E-state index is -0.0722. The number of hydrogen-bond donors (Lipinski definition) is 1. The molecule has 0 unspecified atom stereocenters. The molecule has 0 aliphatic carbocycles. The minimum absolute atomic E-state index is 0.0668. The third-order valence-corrected chi connectivity index (χ3v) is 4.74. The number of likely N-dealkylation sites (N-methyl/N-ethyl adjacent to an activating group) is 1. The van der Waals surface area contributed by atoms with Crippen LogP contribution in [0.5, 0.6) is 0 Å². The van der Waals surface area contributed by atoms with E-state index in [1.807, 2.05) is 25.1 Å². The van der Waals surface area contributed by atoms with Crippen LogP contribution in [0.2, 0.25) is 0 Å². The summed E-state index contributed by atoms with van der Waals surface area (Å²) in [6.07, 6.45) is 4.13. The van der Waals surface area contributed by atoms with Gasteiger partial charge < -0.3 is 10.1 Å². The van der Waals surface area contributed by atoms with E-state index in [1.54, 1.807) is 18.5 Å². The van der Waals surface area contributed by atoms with Crippen LogP contribution in [-0.4, -0.2) is 48.6 Å². The maximum atomic E-state index is 12.6. The summed E-state index contributed by atoms with van der Waals surface area (Å²) in [6, 6.07) is 12.2. The molecule has 1 aliphatic heterocycles. The second-order valence-corrected chi connectivity index (χ2v) is 6.34. The van der Waals surface area contributed by atoms with Gasteiger partial charge in [-0.05, 0) is 30.7 Å². The molecule has 25 heavy (non-hydrogen) atoms. The molecular weight excluding hydrogens is 314 g/mol. The monoisotopic (exact) mass is 339 g/mol. The summed E-state index contributed by atoms with van der Waals surface area (Å²) in [4.78, 5) is 19.0. The highest BCUT2D eigenvalue weighted by Crippen LogP contribution is 2.27. The summed E-state index contributed by atoms with van der Waals surface area (Å²) in [7, 11) is 2.10. The number of carbonyl (C=O) groups is 1. The van der Waals surface area contributed by atoms with Gasteiger partial charge >= 0.3 is 0 Å². The summed E-state index contributed by atoms with van der Waals surface area (Å²) in [5, 5.41) is 3.05. The summed E-state index contributed by atoms with van der Waals surface area (Å²) in [5.74, 6) is -0.0668. The van der Waals surface area contributed by atoms with Crippen molar-refractivity contribution in [2.45, 2.75) is 25.5 Å². The van der Waals surface area contributed by atoms with Crippen molar-refractivity contribution in [2.75, 3.05) is 26.7 Å². The molecular formula is C20H25N3O2. The van der Waals surface area contributed by atoms with Crippen molar-refractivity contribution in [3.8, 4) is 0 Å². The van der Waals surface area contributed by atoms with E-state index in [4.69, 9.17) is 4.74 Å². The van der Waals surface area contributed by atoms with Gasteiger partial charge in [0.05, 0.1) is 18.8 Å². The Balaban J connectivity index is 1.71. The molecule has 1 aromatic heterocycles. The van der Waals surface area contributed by atoms with Gasteiger partial charge in [0.15, 0.2) is 0 Å². The first-order chi connectivity index (χ1) is 12.2. The number of hydrogen-bond acceptors (Lipinski definition) is 4. The third kappa shape index (κ3) is 4.06. The highest BCUT2D eigenvalue weighted by Gasteiger charge is 2.31. The summed E-state index contributed by atoms with van der Waals surface area (Å²) in [5.41, 5.74) is 2.86. The quantitative estimate of drug-likeness (QED) is 0.909. The first-order valence-electron chi connectivity index (χ1n) is 8.78. The zero-order valence-electron chi connectivity index (χ0n) is 14.8. The number of rotatable bonds is 5. The Morgan fingerprint density at radius 1 is 1.32 bits per heavy atom. The number of benzene rings is 1. The summed E-state index contributed by atoms with van der Waals surface area (Å²) >= 11 is 0. The maximum Gasteiger partial charge on any atom is 0.251 e. The normalized spacial score (nSPS) is 21.0. The standard InChI is InChI=1S/C20H25N3O2/c1-3-15-13-21-10-9-17(15)20(24)22-14-18-19(23(2)11-12-25-18)16-7-5-4-6-8-16/h4-10,13,18-19H,3,11-12,14H2,1-2H3,(H,22,24)/t18-,19-/m0/s1. The molecule has 0 saturated carbocycles. The third-order valence-electron chi connectivity index (χ3n) is 4.74. The molecule has 0 spiro atoms. The van der Waals surface area contributed by atoms with Gasteiger partial charge in [-0.1, -0.05) is 37.3 Å². The van der Waals surface area contributed by atoms with Crippen LogP contribution in [0.4, 0.5) is 0 Å². The lowest BCUT2D eigenvalue weighted by atomic mass is 9.98. The molecule has 0 bridgehead atoms. The largest absolute Gasteiger partial charge is 0.373 e. The number of aromatic nitrogens is 1. The van der Waals surface area contributed by atoms with Crippen LogP contribution >= 0.6 is 0 Å². The van der Waals surface area contributed by atoms with Crippen molar-refractivity contribution in [3.63, 3.8) is 0 Å². The van der Waals surface area contributed by atoms with Crippen molar-refractivity contribution in [1.29, 1.82) is 0 Å². The molecule has 132 valence electrons. The number of aryl methyl sites for hydroxylation is 1. The number of ether oxygens (including phenoxy) is 1. The van der Waals surface area contributed by atoms with Crippen molar-refractivity contribution < 1.29 is 9.53 Å². The molecule has 0 radical (unpaired) electrons. The summed E-state index contributed by atoms with van der Waals surface area (Å²) < 4.78 is 5.99. The Bertz CT molecular complexity index is 705. The number of amides is 1. The summed E-state index contributed by atoms with van der Waals surface area (Å²) in [6.45, 7) is 4.07. The fourth-order valence-corrected chi connectivity index (χ4v) is 3.37. The van der Waals surface area contributed by atoms with E-state index >= 15 is 0 Å². The maximum absolute atomic E-state index is 12.6. The minimum Gasteiger partial charge on any atom is -0.373 e. The number of morpholine rings is 1. The van der Waals surface area contributed by atoms with Crippen LogP contribution in [0, 0.1) is 0 Å². The van der Waals surface area contributed by atoms with Gasteiger partial charge in [0.25, 0.3) is 5.91 Å². The highest BCUT2D eigenvalue weighted by molar-refractivity contribution is 5.95. The van der Waals surface area contributed by atoms with Gasteiger partial charge in [-0.25, -0.2) is 0 Å². The van der Waals surface area contributed by atoms with Gasteiger partial charge in [-0.3, -0.25) is 14.7 Å². The van der Waals surface area contributed by atoms with Crippen molar-refractivity contribution in [1.82, 2.24) is 15.2 Å². The van der Waals surface area contributed by atoms with Crippen LogP contribution in [-0.2, 0) is 11.2 Å². The lowest BCUT2D eigenvalue weighted by Crippen LogP contribution is -2.48. The van der Waals surface area contributed by atoms with E-state index in [-0.39, 0.29) is 18.1 Å². The molecule has 5 nitrogen and oxygen atoms in total. The first kappa shape index (κ1) is 17.6. The number of nitrogens with zero attached hydrogens (tertiary/aromatic N) is 2. The molecule has 2 aromatic rings. The SMILES string of the molecule is CCc1cnccc1C(=O)NC[C@@H]1OCCN(C)[C@H]1c1ccccc1. The molecule has 1 N–H and O–H groups in total. The molecule has 3 rings (SSSR count). The van der Waals surface area contributed by atoms with Crippen molar-refractivity contribution >= 4 is 5.91 Å². The van der Waals surface area contributed by atoms with Crippen LogP contribution in [0.3, 0.4) is 0 Å². The topological polar surface area (TPSA) is 54.5 Å². The Labute approximate surface area is 149 Å². The lowest BCUT2D eigenvalue weighted by Gasteiger charge is -2.39. The van der Waals surface area contributed by atoms with E-state index < -0.39 is 0 Å². The Morgan fingerprint density at radius 3 is 2.88 bits per heavy atom. The van der Waals surface area contributed by atoms with Crippen LogP contribution in [0.1, 0.15) is 34.5 Å². The number of carbonyl (C=O) groups excluding carboxylic acids is 1. The molecule has 1 saturated heterocycles. The van der Waals surface area contributed by atoms with Gasteiger partial charge in [0.1, 0.15) is 0 Å². The average Bonchev–Trinajstić information content (AvgIpc) is 2.66. The highest BCUT2D eigenvalue weighted by atomic mass is 16.5. The number of nitrogens with one attached hydrogen (secondary N) is 1. The molecule has 5 heteroatoms. The molecule has 2 atom stereocenters. The first-order valence-corrected chi connectivity index (χ1v) is 8.78. The molecule has 1 fully saturated rings. The zero-order valence-corrected chi connectivity index (χ0v) is 14.8. The average molecular weight is 339 g/mol.